The summed E-state index contributed by atoms with van der Waals surface area (Å²) in [5.74, 6) is -2.20. The third-order valence-electron chi connectivity index (χ3n) is 4.43. The van der Waals surface area contributed by atoms with Gasteiger partial charge in [0.05, 0.1) is 6.42 Å². The first-order chi connectivity index (χ1) is 13.2. The average Bonchev–Trinajstić information content (AvgIpc) is 2.60. The van der Waals surface area contributed by atoms with Crippen molar-refractivity contribution in [1.82, 2.24) is 0 Å². The Hall–Kier alpha value is -0.950. The molecule has 0 aliphatic rings. The van der Waals surface area contributed by atoms with Gasteiger partial charge in [-0.3, -0.25) is 4.79 Å². The second-order valence-corrected chi connectivity index (χ2v) is 8.87. The molecule has 0 saturated heterocycles. The Labute approximate surface area is 180 Å². The van der Waals surface area contributed by atoms with E-state index in [0.717, 1.165) is 62.0 Å². The molecule has 5 nitrogen and oxygen atoms in total. The Morgan fingerprint density at radius 2 is 1.57 bits per heavy atom. The van der Waals surface area contributed by atoms with Crippen molar-refractivity contribution in [3.05, 3.63) is 33.8 Å². The van der Waals surface area contributed by atoms with Crippen LogP contribution in [-0.4, -0.2) is 44.4 Å². The SMILES string of the molecule is O=C(O)C[C@@](O)(CSCCCCCCCCCc1ccc(Cl)cc1Cl)C(=O)O. The van der Waals surface area contributed by atoms with Gasteiger partial charge in [-0.05, 0) is 42.7 Å². The topological polar surface area (TPSA) is 94.8 Å². The van der Waals surface area contributed by atoms with Crippen LogP contribution in [0.4, 0.5) is 0 Å². The van der Waals surface area contributed by atoms with Crippen molar-refractivity contribution >= 4 is 46.9 Å². The van der Waals surface area contributed by atoms with E-state index in [1.165, 1.54) is 11.8 Å². The van der Waals surface area contributed by atoms with Gasteiger partial charge in [-0.1, -0.05) is 61.4 Å². The van der Waals surface area contributed by atoms with E-state index in [2.05, 4.69) is 0 Å². The van der Waals surface area contributed by atoms with Crippen LogP contribution in [0.3, 0.4) is 0 Å². The number of aryl methyl sites for hydroxylation is 1. The second kappa shape index (κ2) is 13.3. The zero-order valence-electron chi connectivity index (χ0n) is 15.8. The number of hydrogen-bond acceptors (Lipinski definition) is 4. The number of carbonyl (C=O) groups is 2. The highest BCUT2D eigenvalue weighted by atomic mass is 35.5. The van der Waals surface area contributed by atoms with Crippen LogP contribution in [0.1, 0.15) is 56.9 Å². The second-order valence-electron chi connectivity index (χ2n) is 6.92. The molecule has 1 aromatic carbocycles. The Kier molecular flexibility index (Phi) is 11.9. The Bertz CT molecular complexity index is 641. The Balaban J connectivity index is 2.03. The third kappa shape index (κ3) is 10.0. The molecule has 0 amide bonds. The number of carboxylic acids is 2. The van der Waals surface area contributed by atoms with Gasteiger partial charge in [-0.25, -0.2) is 4.79 Å². The number of thioether (sulfide) groups is 1. The molecule has 158 valence electrons. The minimum Gasteiger partial charge on any atom is -0.481 e. The number of carboxylic acid groups (broad SMARTS) is 2. The van der Waals surface area contributed by atoms with Gasteiger partial charge in [0.25, 0.3) is 0 Å². The van der Waals surface area contributed by atoms with E-state index >= 15 is 0 Å². The van der Waals surface area contributed by atoms with E-state index in [9.17, 15) is 14.7 Å². The van der Waals surface area contributed by atoms with E-state index in [4.69, 9.17) is 33.4 Å². The zero-order chi connectivity index (χ0) is 21.0. The summed E-state index contributed by atoms with van der Waals surface area (Å²) in [6.07, 6.45) is 7.80. The summed E-state index contributed by atoms with van der Waals surface area (Å²) in [5, 5.41) is 28.9. The van der Waals surface area contributed by atoms with Gasteiger partial charge >= 0.3 is 11.9 Å². The van der Waals surface area contributed by atoms with Gasteiger partial charge in [-0.2, -0.15) is 11.8 Å². The van der Waals surface area contributed by atoms with Gasteiger partial charge in [0, 0.05) is 15.8 Å². The molecule has 1 rings (SSSR count). The monoisotopic (exact) mass is 450 g/mol. The van der Waals surface area contributed by atoms with Crippen molar-refractivity contribution in [2.45, 2.75) is 63.4 Å². The first-order valence-corrected chi connectivity index (χ1v) is 11.3. The summed E-state index contributed by atoms with van der Waals surface area (Å²) < 4.78 is 0. The largest absolute Gasteiger partial charge is 0.481 e. The molecule has 0 fully saturated rings. The number of aliphatic hydroxyl groups is 1. The van der Waals surface area contributed by atoms with Crippen molar-refractivity contribution in [2.24, 2.45) is 0 Å². The smallest absolute Gasteiger partial charge is 0.337 e. The van der Waals surface area contributed by atoms with Crippen LogP contribution in [0.5, 0.6) is 0 Å². The first kappa shape index (κ1) is 25.1. The Morgan fingerprint density at radius 3 is 2.14 bits per heavy atom. The highest BCUT2D eigenvalue weighted by molar-refractivity contribution is 7.99. The zero-order valence-corrected chi connectivity index (χ0v) is 18.2. The number of aliphatic carboxylic acids is 2. The van der Waals surface area contributed by atoms with Crippen molar-refractivity contribution in [3.63, 3.8) is 0 Å². The van der Waals surface area contributed by atoms with E-state index in [0.29, 0.717) is 10.8 Å². The van der Waals surface area contributed by atoms with Crippen LogP contribution in [0.2, 0.25) is 10.0 Å². The fourth-order valence-electron chi connectivity index (χ4n) is 2.81. The molecular formula is C20H28Cl2O5S. The number of benzene rings is 1. The molecule has 3 N–H and O–H groups in total. The predicted octanol–water partition coefficient (Wildman–Crippen LogP) is 5.29. The van der Waals surface area contributed by atoms with Crippen molar-refractivity contribution in [3.8, 4) is 0 Å². The summed E-state index contributed by atoms with van der Waals surface area (Å²) in [6.45, 7) is 0. The summed E-state index contributed by atoms with van der Waals surface area (Å²) in [7, 11) is 0. The minimum atomic E-state index is -2.19. The quantitative estimate of drug-likeness (QED) is 0.314. The first-order valence-electron chi connectivity index (χ1n) is 9.44. The van der Waals surface area contributed by atoms with E-state index < -0.39 is 24.0 Å². The highest BCUT2D eigenvalue weighted by Crippen LogP contribution is 2.23. The normalized spacial score (nSPS) is 13.2. The Morgan fingerprint density at radius 1 is 0.964 bits per heavy atom. The molecule has 0 heterocycles. The molecule has 0 spiro atoms. The van der Waals surface area contributed by atoms with Crippen LogP contribution >= 0.6 is 35.0 Å². The predicted molar refractivity (Wildman–Crippen MR) is 115 cm³/mol. The summed E-state index contributed by atoms with van der Waals surface area (Å²) >= 11 is 13.3. The van der Waals surface area contributed by atoms with Crippen molar-refractivity contribution in [2.75, 3.05) is 11.5 Å². The van der Waals surface area contributed by atoms with Crippen LogP contribution in [-0.2, 0) is 16.0 Å². The molecule has 0 radical (unpaired) electrons. The molecule has 28 heavy (non-hydrogen) atoms. The fraction of sp³-hybridized carbons (Fsp3) is 0.600. The number of hydrogen-bond donors (Lipinski definition) is 3. The van der Waals surface area contributed by atoms with Crippen molar-refractivity contribution < 1.29 is 24.9 Å². The van der Waals surface area contributed by atoms with Crippen LogP contribution in [0.15, 0.2) is 18.2 Å². The maximum Gasteiger partial charge on any atom is 0.337 e. The van der Waals surface area contributed by atoms with Crippen LogP contribution in [0.25, 0.3) is 0 Å². The molecular weight excluding hydrogens is 423 g/mol. The van der Waals surface area contributed by atoms with Gasteiger partial charge in [0.15, 0.2) is 5.60 Å². The van der Waals surface area contributed by atoms with Gasteiger partial charge in [0.1, 0.15) is 0 Å². The number of rotatable bonds is 15. The minimum absolute atomic E-state index is 0.109. The molecule has 1 aromatic rings. The lowest BCUT2D eigenvalue weighted by atomic mass is 10.0. The summed E-state index contributed by atoms with van der Waals surface area (Å²) in [6, 6.07) is 5.61. The summed E-state index contributed by atoms with van der Waals surface area (Å²) in [4.78, 5) is 21.7. The number of halogens is 2. The molecule has 0 aliphatic heterocycles. The maximum absolute atomic E-state index is 11.0. The van der Waals surface area contributed by atoms with Crippen molar-refractivity contribution in [1.29, 1.82) is 0 Å². The lowest BCUT2D eigenvalue weighted by Crippen LogP contribution is -2.43. The van der Waals surface area contributed by atoms with Crippen LogP contribution < -0.4 is 0 Å². The summed E-state index contributed by atoms with van der Waals surface area (Å²) in [5.41, 5.74) is -1.06. The van der Waals surface area contributed by atoms with E-state index in [-0.39, 0.29) is 5.75 Å². The lowest BCUT2D eigenvalue weighted by Gasteiger charge is -2.20. The number of unbranched alkanes of at least 4 members (excludes halogenated alkanes) is 6. The van der Waals surface area contributed by atoms with E-state index in [1.807, 2.05) is 12.1 Å². The maximum atomic E-state index is 11.0. The molecule has 0 aromatic heterocycles. The van der Waals surface area contributed by atoms with Gasteiger partial charge in [-0.15, -0.1) is 0 Å². The van der Waals surface area contributed by atoms with E-state index in [1.54, 1.807) is 6.07 Å². The fourth-order valence-corrected chi connectivity index (χ4v) is 4.43. The third-order valence-corrected chi connectivity index (χ3v) is 6.28. The molecule has 0 aliphatic carbocycles. The molecule has 0 bridgehead atoms. The highest BCUT2D eigenvalue weighted by Gasteiger charge is 2.38. The standard InChI is InChI=1S/C20H28Cl2O5S/c21-16-10-9-15(17(22)12-16)8-6-4-2-1-3-5-7-11-28-14-20(27,19(25)26)13-18(23)24/h9-10,12,27H,1-8,11,13-14H2,(H,23,24)(H,25,26)/t20-/m1/s1. The van der Waals surface area contributed by atoms with Crippen LogP contribution in [0, 0.1) is 0 Å². The molecule has 0 unspecified atom stereocenters. The average molecular weight is 451 g/mol. The van der Waals surface area contributed by atoms with Gasteiger partial charge < -0.3 is 15.3 Å². The molecule has 1 atom stereocenters. The molecule has 8 heteroatoms. The lowest BCUT2D eigenvalue weighted by molar-refractivity contribution is -0.162. The van der Waals surface area contributed by atoms with Gasteiger partial charge in [0.2, 0.25) is 0 Å². The molecule has 0 saturated carbocycles.